The molecule has 2 aliphatic rings. The van der Waals surface area contributed by atoms with Crippen molar-refractivity contribution < 1.29 is 18.3 Å². The maximum atomic E-state index is 12.3. The fraction of sp³-hybridized carbons (Fsp3) is 0.917. The predicted molar refractivity (Wildman–Crippen MR) is 70.9 cm³/mol. The second-order valence-electron chi connectivity index (χ2n) is 5.48. The lowest BCUT2D eigenvalue weighted by Gasteiger charge is -2.24. The highest BCUT2D eigenvalue weighted by Gasteiger charge is 2.36. The number of nitrogens with one attached hydrogen (secondary N) is 1. The molecule has 1 aliphatic carbocycles. The highest BCUT2D eigenvalue weighted by Crippen LogP contribution is 2.34. The van der Waals surface area contributed by atoms with Gasteiger partial charge in [-0.15, -0.1) is 0 Å². The zero-order chi connectivity index (χ0) is 13.9. The number of rotatable bonds is 6. The lowest BCUT2D eigenvalue weighted by atomic mass is 10.1. The van der Waals surface area contributed by atoms with Crippen molar-refractivity contribution in [3.63, 3.8) is 0 Å². The van der Waals surface area contributed by atoms with Crippen molar-refractivity contribution in [1.29, 1.82) is 0 Å². The molecule has 0 spiro atoms. The van der Waals surface area contributed by atoms with E-state index in [1.807, 2.05) is 0 Å². The van der Waals surface area contributed by atoms with E-state index in [9.17, 15) is 13.2 Å². The van der Waals surface area contributed by atoms with Crippen LogP contribution in [0.4, 0.5) is 0 Å². The van der Waals surface area contributed by atoms with E-state index in [0.29, 0.717) is 13.1 Å². The Morgan fingerprint density at radius 2 is 1.79 bits per heavy atom. The molecule has 0 aromatic heterocycles. The van der Waals surface area contributed by atoms with Crippen molar-refractivity contribution in [2.24, 2.45) is 5.92 Å². The normalized spacial score (nSPS) is 23.8. The Hall–Kier alpha value is -0.660. The summed E-state index contributed by atoms with van der Waals surface area (Å²) in [4.78, 5) is 10.8. The molecule has 1 unspecified atom stereocenters. The van der Waals surface area contributed by atoms with Crippen molar-refractivity contribution in [1.82, 2.24) is 9.03 Å². The zero-order valence-corrected chi connectivity index (χ0v) is 11.9. The number of aliphatic carboxylic acids is 1. The minimum Gasteiger partial charge on any atom is -0.481 e. The lowest BCUT2D eigenvalue weighted by molar-refractivity contribution is -0.137. The van der Waals surface area contributed by atoms with Crippen molar-refractivity contribution in [2.75, 3.05) is 13.1 Å². The molecule has 110 valence electrons. The molecule has 1 saturated carbocycles. The van der Waals surface area contributed by atoms with E-state index in [0.717, 1.165) is 38.5 Å². The Balaban J connectivity index is 1.99. The first-order chi connectivity index (χ1) is 8.99. The van der Waals surface area contributed by atoms with Gasteiger partial charge in [0, 0.05) is 19.1 Å². The standard InChI is InChI=1S/C12H22N2O4S/c15-12(16)9-11(10-5-6-10)13-19(17,18)14-7-3-1-2-4-8-14/h10-11,13H,1-9H2,(H,15,16). The quantitative estimate of drug-likeness (QED) is 0.762. The van der Waals surface area contributed by atoms with Gasteiger partial charge in [-0.1, -0.05) is 12.8 Å². The van der Waals surface area contributed by atoms with Crippen molar-refractivity contribution >= 4 is 16.2 Å². The van der Waals surface area contributed by atoms with E-state index in [2.05, 4.69) is 4.72 Å². The molecule has 2 N–H and O–H groups in total. The van der Waals surface area contributed by atoms with E-state index in [4.69, 9.17) is 5.11 Å². The van der Waals surface area contributed by atoms with Crippen molar-refractivity contribution in [3.8, 4) is 0 Å². The van der Waals surface area contributed by atoms with Crippen LogP contribution < -0.4 is 4.72 Å². The molecule has 0 bridgehead atoms. The van der Waals surface area contributed by atoms with Crippen LogP contribution in [-0.2, 0) is 15.0 Å². The second-order valence-corrected chi connectivity index (χ2v) is 7.18. The van der Waals surface area contributed by atoms with Crippen LogP contribution in [0.25, 0.3) is 0 Å². The molecular weight excluding hydrogens is 268 g/mol. The monoisotopic (exact) mass is 290 g/mol. The highest BCUT2D eigenvalue weighted by atomic mass is 32.2. The fourth-order valence-corrected chi connectivity index (χ4v) is 4.09. The number of nitrogens with zero attached hydrogens (tertiary/aromatic N) is 1. The molecule has 1 saturated heterocycles. The van der Waals surface area contributed by atoms with Gasteiger partial charge in [-0.25, -0.2) is 0 Å². The van der Waals surface area contributed by atoms with Crippen LogP contribution in [-0.4, -0.2) is 42.9 Å². The molecule has 1 aliphatic heterocycles. The molecule has 6 nitrogen and oxygen atoms in total. The van der Waals surface area contributed by atoms with E-state index >= 15 is 0 Å². The SMILES string of the molecule is O=C(O)CC(NS(=O)(=O)N1CCCCCC1)C1CC1. The smallest absolute Gasteiger partial charge is 0.304 e. The largest absolute Gasteiger partial charge is 0.481 e. The van der Waals surface area contributed by atoms with E-state index in [1.165, 1.54) is 4.31 Å². The van der Waals surface area contributed by atoms with Crippen LogP contribution in [0.15, 0.2) is 0 Å². The van der Waals surface area contributed by atoms with Gasteiger partial charge >= 0.3 is 5.97 Å². The van der Waals surface area contributed by atoms with Crippen LogP contribution in [0.2, 0.25) is 0 Å². The maximum absolute atomic E-state index is 12.3. The summed E-state index contributed by atoms with van der Waals surface area (Å²) in [6, 6.07) is -0.453. The molecular formula is C12H22N2O4S. The Morgan fingerprint density at radius 3 is 2.26 bits per heavy atom. The van der Waals surface area contributed by atoms with Gasteiger partial charge in [0.15, 0.2) is 0 Å². The molecule has 0 aromatic carbocycles. The first kappa shape index (κ1) is 14.7. The van der Waals surface area contributed by atoms with Crippen molar-refractivity contribution in [3.05, 3.63) is 0 Å². The second kappa shape index (κ2) is 6.19. The minimum atomic E-state index is -3.54. The third kappa shape index (κ3) is 4.43. The summed E-state index contributed by atoms with van der Waals surface area (Å²) in [5.74, 6) is -0.756. The lowest BCUT2D eigenvalue weighted by Crippen LogP contribution is -2.47. The summed E-state index contributed by atoms with van der Waals surface area (Å²) in [6.07, 6.45) is 5.60. The Kier molecular flexibility index (Phi) is 4.81. The third-order valence-electron chi connectivity index (χ3n) is 3.79. The van der Waals surface area contributed by atoms with Crippen LogP contribution in [0.1, 0.15) is 44.9 Å². The van der Waals surface area contributed by atoms with Gasteiger partial charge in [-0.05, 0) is 31.6 Å². The summed E-state index contributed by atoms with van der Waals surface area (Å²) in [5.41, 5.74) is 0. The Bertz CT molecular complexity index is 411. The summed E-state index contributed by atoms with van der Waals surface area (Å²) in [7, 11) is -3.54. The average Bonchev–Trinajstić information content (AvgIpc) is 3.15. The molecule has 19 heavy (non-hydrogen) atoms. The average molecular weight is 290 g/mol. The summed E-state index contributed by atoms with van der Waals surface area (Å²) < 4.78 is 28.6. The first-order valence-corrected chi connectivity index (χ1v) is 8.42. The van der Waals surface area contributed by atoms with Crippen LogP contribution in [0.5, 0.6) is 0 Å². The molecule has 0 radical (unpaired) electrons. The Morgan fingerprint density at radius 1 is 1.21 bits per heavy atom. The Labute approximate surface area is 114 Å². The third-order valence-corrected chi connectivity index (χ3v) is 5.44. The fourth-order valence-electron chi connectivity index (χ4n) is 2.54. The number of hydrogen-bond acceptors (Lipinski definition) is 3. The predicted octanol–water partition coefficient (Wildman–Crippen LogP) is 0.950. The van der Waals surface area contributed by atoms with E-state index < -0.39 is 22.2 Å². The minimum absolute atomic E-state index is 0.127. The maximum Gasteiger partial charge on any atom is 0.304 e. The van der Waals surface area contributed by atoms with E-state index in [1.54, 1.807) is 0 Å². The van der Waals surface area contributed by atoms with Crippen LogP contribution >= 0.6 is 0 Å². The van der Waals surface area contributed by atoms with Gasteiger partial charge < -0.3 is 5.11 Å². The number of hydrogen-bond donors (Lipinski definition) is 2. The molecule has 0 amide bonds. The molecule has 1 atom stereocenters. The molecule has 7 heteroatoms. The number of carboxylic acids is 1. The molecule has 2 fully saturated rings. The topological polar surface area (TPSA) is 86.7 Å². The summed E-state index contributed by atoms with van der Waals surface area (Å²) in [5, 5.41) is 8.86. The summed E-state index contributed by atoms with van der Waals surface area (Å²) in [6.45, 7) is 1.08. The van der Waals surface area contributed by atoms with Crippen LogP contribution in [0.3, 0.4) is 0 Å². The number of carbonyl (C=O) groups is 1. The van der Waals surface area contributed by atoms with Crippen LogP contribution in [0, 0.1) is 5.92 Å². The van der Waals surface area contributed by atoms with Gasteiger partial charge in [0.25, 0.3) is 10.2 Å². The first-order valence-electron chi connectivity index (χ1n) is 6.98. The van der Waals surface area contributed by atoms with E-state index in [-0.39, 0.29) is 12.3 Å². The summed E-state index contributed by atoms with van der Waals surface area (Å²) >= 11 is 0. The molecule has 0 aromatic rings. The van der Waals surface area contributed by atoms with Gasteiger partial charge in [-0.3, -0.25) is 4.79 Å². The zero-order valence-electron chi connectivity index (χ0n) is 11.0. The highest BCUT2D eigenvalue weighted by molar-refractivity contribution is 7.87. The van der Waals surface area contributed by atoms with Crippen molar-refractivity contribution in [2.45, 2.75) is 51.0 Å². The van der Waals surface area contributed by atoms with Gasteiger partial charge in [0.2, 0.25) is 0 Å². The molecule has 2 rings (SSSR count). The molecule has 1 heterocycles. The van der Waals surface area contributed by atoms with Gasteiger partial charge in [0.05, 0.1) is 6.42 Å². The number of carboxylic acid groups (broad SMARTS) is 1. The van der Waals surface area contributed by atoms with Gasteiger partial charge in [0.1, 0.15) is 0 Å². The van der Waals surface area contributed by atoms with Gasteiger partial charge in [-0.2, -0.15) is 17.4 Å².